The Kier molecular flexibility index (Phi) is 20.7. The zero-order valence-electron chi connectivity index (χ0n) is 22.8. The molecule has 0 spiro atoms. The lowest BCUT2D eigenvalue weighted by atomic mass is 9.75. The third kappa shape index (κ3) is 24.0. The minimum absolute atomic E-state index is 0.444. The first-order chi connectivity index (χ1) is 12.6. The molecule has 0 aliphatic rings. The summed E-state index contributed by atoms with van der Waals surface area (Å²) in [5, 5.41) is 0. The number of hydrogen-bond acceptors (Lipinski definition) is 1. The lowest BCUT2D eigenvalue weighted by molar-refractivity contribution is 0.0484. The molecule has 0 aliphatic heterocycles. The average molecular weight is 401 g/mol. The summed E-state index contributed by atoms with van der Waals surface area (Å²) >= 11 is 0. The van der Waals surface area contributed by atoms with E-state index in [4.69, 9.17) is 4.74 Å². The van der Waals surface area contributed by atoms with Crippen LogP contribution in [0.4, 0.5) is 0 Å². The van der Waals surface area contributed by atoms with Crippen molar-refractivity contribution in [2.75, 3.05) is 7.11 Å². The van der Waals surface area contributed by atoms with Gasteiger partial charge in [-0.3, -0.25) is 0 Å². The normalized spacial score (nSPS) is 13.2. The Balaban J connectivity index is -0.000000337. The van der Waals surface area contributed by atoms with E-state index in [2.05, 4.69) is 96.9 Å². The van der Waals surface area contributed by atoms with Crippen LogP contribution >= 0.6 is 0 Å². The van der Waals surface area contributed by atoms with Gasteiger partial charge < -0.3 is 4.74 Å². The highest BCUT2D eigenvalue weighted by Crippen LogP contribution is 2.32. The summed E-state index contributed by atoms with van der Waals surface area (Å²) < 4.78 is 5.32. The van der Waals surface area contributed by atoms with Crippen molar-refractivity contribution in [1.29, 1.82) is 0 Å². The van der Waals surface area contributed by atoms with Crippen molar-refractivity contribution in [1.82, 2.24) is 0 Å². The average Bonchev–Trinajstić information content (AvgIpc) is 2.50. The van der Waals surface area contributed by atoms with Gasteiger partial charge in [-0.05, 0) is 53.8 Å². The zero-order chi connectivity index (χ0) is 23.1. The summed E-state index contributed by atoms with van der Waals surface area (Å²) in [5.41, 5.74) is 0.522. The van der Waals surface area contributed by atoms with Gasteiger partial charge in [-0.15, -0.1) is 0 Å². The van der Waals surface area contributed by atoms with Crippen LogP contribution in [0.25, 0.3) is 0 Å². The van der Waals surface area contributed by atoms with Gasteiger partial charge >= 0.3 is 0 Å². The fourth-order valence-electron chi connectivity index (χ4n) is 3.06. The number of hydrogen-bond donors (Lipinski definition) is 0. The molecule has 174 valence electrons. The van der Waals surface area contributed by atoms with E-state index in [1.54, 1.807) is 7.11 Å². The highest BCUT2D eigenvalue weighted by atomic mass is 16.5. The van der Waals surface area contributed by atoms with Crippen molar-refractivity contribution in [3.05, 3.63) is 0 Å². The van der Waals surface area contributed by atoms with E-state index in [1.165, 1.54) is 25.7 Å². The number of ether oxygens (including phenoxy) is 1. The molecule has 0 saturated heterocycles. The topological polar surface area (TPSA) is 9.23 Å². The lowest BCUT2D eigenvalue weighted by Gasteiger charge is -2.30. The SMILES string of the molecule is CC(C)CC(C)(C)C(C)C.CC(C)CCC(C)C.COC(CC(C)C)C(C)C. The Morgan fingerprint density at radius 1 is 0.607 bits per heavy atom. The summed E-state index contributed by atoms with van der Waals surface area (Å²) in [6.07, 6.45) is 5.73. The van der Waals surface area contributed by atoms with Crippen molar-refractivity contribution in [3.8, 4) is 0 Å². The molecule has 0 amide bonds. The molecule has 0 radical (unpaired) electrons. The molecule has 0 saturated carbocycles. The van der Waals surface area contributed by atoms with Gasteiger partial charge in [0.05, 0.1) is 6.10 Å². The van der Waals surface area contributed by atoms with Crippen molar-refractivity contribution >= 4 is 0 Å². The van der Waals surface area contributed by atoms with Gasteiger partial charge in [0.2, 0.25) is 0 Å². The first-order valence-electron chi connectivity index (χ1n) is 12.1. The number of rotatable bonds is 10. The van der Waals surface area contributed by atoms with Gasteiger partial charge in [-0.2, -0.15) is 0 Å². The van der Waals surface area contributed by atoms with E-state index in [0.29, 0.717) is 17.4 Å². The third-order valence-electron chi connectivity index (χ3n) is 5.57. The molecule has 1 atom stereocenters. The van der Waals surface area contributed by atoms with Crippen LogP contribution in [0.5, 0.6) is 0 Å². The van der Waals surface area contributed by atoms with Crippen LogP contribution < -0.4 is 0 Å². The highest BCUT2D eigenvalue weighted by molar-refractivity contribution is 4.73. The van der Waals surface area contributed by atoms with Gasteiger partial charge in [0.15, 0.2) is 0 Å². The molecule has 0 N–H and O–H groups in total. The molecule has 0 aromatic rings. The van der Waals surface area contributed by atoms with E-state index >= 15 is 0 Å². The predicted octanol–water partition coefficient (Wildman–Crippen LogP) is 9.50. The van der Waals surface area contributed by atoms with E-state index in [-0.39, 0.29) is 0 Å². The van der Waals surface area contributed by atoms with Crippen molar-refractivity contribution in [2.45, 2.75) is 129 Å². The van der Waals surface area contributed by atoms with Crippen molar-refractivity contribution in [3.63, 3.8) is 0 Å². The summed E-state index contributed by atoms with van der Waals surface area (Å²) in [7, 11) is 1.80. The maximum absolute atomic E-state index is 5.32. The first-order valence-corrected chi connectivity index (χ1v) is 12.1. The van der Waals surface area contributed by atoms with Gasteiger partial charge in [0, 0.05) is 7.11 Å². The van der Waals surface area contributed by atoms with Gasteiger partial charge in [-0.1, -0.05) is 110 Å². The molecule has 0 aliphatic carbocycles. The largest absolute Gasteiger partial charge is 0.381 e. The van der Waals surface area contributed by atoms with E-state index in [0.717, 1.165) is 29.6 Å². The van der Waals surface area contributed by atoms with Crippen LogP contribution in [0.3, 0.4) is 0 Å². The summed E-state index contributed by atoms with van der Waals surface area (Å²) in [5.74, 6) is 4.79. The van der Waals surface area contributed by atoms with E-state index < -0.39 is 0 Å². The fraction of sp³-hybridized carbons (Fsp3) is 1.00. The molecule has 1 heteroatoms. The van der Waals surface area contributed by atoms with E-state index in [1.807, 2.05) is 0 Å². The Morgan fingerprint density at radius 2 is 1.00 bits per heavy atom. The Labute approximate surface area is 181 Å². The summed E-state index contributed by atoms with van der Waals surface area (Å²) in [6, 6.07) is 0. The van der Waals surface area contributed by atoms with Crippen LogP contribution in [0.15, 0.2) is 0 Å². The predicted molar refractivity (Wildman–Crippen MR) is 132 cm³/mol. The summed E-state index contributed by atoms with van der Waals surface area (Å²) in [6.45, 7) is 31.9. The zero-order valence-corrected chi connectivity index (χ0v) is 22.8. The molecule has 0 aromatic heterocycles. The lowest BCUT2D eigenvalue weighted by Crippen LogP contribution is -2.21. The van der Waals surface area contributed by atoms with E-state index in [9.17, 15) is 0 Å². The molecular formula is C27H60O. The van der Waals surface area contributed by atoms with Crippen LogP contribution in [0.2, 0.25) is 0 Å². The summed E-state index contributed by atoms with van der Waals surface area (Å²) in [4.78, 5) is 0. The number of methoxy groups -OCH3 is 1. The second-order valence-corrected chi connectivity index (χ2v) is 11.8. The quantitative estimate of drug-likeness (QED) is 0.354. The fourth-order valence-corrected chi connectivity index (χ4v) is 3.06. The highest BCUT2D eigenvalue weighted by Gasteiger charge is 2.22. The standard InChI is InChI=1S/C10H22.C9H20O.C8H18/c1-8(2)7-10(5,6)9(3)4;1-7(2)6-9(10-5)8(3)4;1-7(2)5-6-8(3)4/h8-9H,7H2,1-6H3;7-9H,6H2,1-5H3;7-8H,5-6H2,1-4H3. The maximum Gasteiger partial charge on any atom is 0.0596 e. The van der Waals surface area contributed by atoms with Crippen molar-refractivity contribution in [2.24, 2.45) is 40.9 Å². The molecule has 28 heavy (non-hydrogen) atoms. The minimum atomic E-state index is 0.444. The Morgan fingerprint density at radius 3 is 1.11 bits per heavy atom. The Hall–Kier alpha value is -0.0400. The monoisotopic (exact) mass is 400 g/mol. The smallest absolute Gasteiger partial charge is 0.0596 e. The third-order valence-corrected chi connectivity index (χ3v) is 5.57. The first kappa shape index (κ1) is 32.6. The molecule has 0 heterocycles. The molecular weight excluding hydrogens is 340 g/mol. The second-order valence-electron chi connectivity index (χ2n) is 11.8. The van der Waals surface area contributed by atoms with Gasteiger partial charge in [0.25, 0.3) is 0 Å². The molecule has 0 bridgehead atoms. The van der Waals surface area contributed by atoms with Gasteiger partial charge in [-0.25, -0.2) is 0 Å². The molecule has 0 rings (SSSR count). The maximum atomic E-state index is 5.32. The van der Waals surface area contributed by atoms with Crippen LogP contribution in [-0.4, -0.2) is 13.2 Å². The van der Waals surface area contributed by atoms with Crippen LogP contribution in [0, 0.1) is 40.9 Å². The molecule has 0 aromatic carbocycles. The minimum Gasteiger partial charge on any atom is -0.381 e. The van der Waals surface area contributed by atoms with Crippen LogP contribution in [0.1, 0.15) is 123 Å². The molecule has 0 fully saturated rings. The van der Waals surface area contributed by atoms with Crippen LogP contribution in [-0.2, 0) is 4.74 Å². The van der Waals surface area contributed by atoms with Crippen molar-refractivity contribution < 1.29 is 4.74 Å². The molecule has 1 nitrogen and oxygen atoms in total. The molecule has 1 unspecified atom stereocenters. The Bertz CT molecular complexity index is 302. The second kappa shape index (κ2) is 17.8. The van der Waals surface area contributed by atoms with Gasteiger partial charge in [0.1, 0.15) is 0 Å².